The van der Waals surface area contributed by atoms with Gasteiger partial charge in [0.1, 0.15) is 6.04 Å². The fourth-order valence-corrected chi connectivity index (χ4v) is 2.60. The highest BCUT2D eigenvalue weighted by molar-refractivity contribution is 6.24. The van der Waals surface area contributed by atoms with Crippen LogP contribution >= 0.6 is 0 Å². The fourth-order valence-electron chi connectivity index (χ4n) is 2.60. The Hall–Kier alpha value is -2.37. The molecule has 1 aliphatic carbocycles. The van der Waals surface area contributed by atoms with E-state index in [9.17, 15) is 19.5 Å². The SMILES string of the molecule is Nc1cccc2c1C(=O)N([C@@H](CC1CC1)C(=O)O)C2=O. The standard InChI is InChI=1S/C14H14N2O4/c15-9-3-1-2-8-11(9)13(18)16(12(8)17)10(14(19)20)6-7-4-5-7/h1-3,7,10H,4-6,15H2,(H,19,20)/t10-/m0/s1. The molecular weight excluding hydrogens is 260 g/mol. The molecule has 0 bridgehead atoms. The fraction of sp³-hybridized carbons (Fsp3) is 0.357. The van der Waals surface area contributed by atoms with E-state index >= 15 is 0 Å². The average molecular weight is 274 g/mol. The van der Waals surface area contributed by atoms with E-state index in [0.29, 0.717) is 6.42 Å². The topological polar surface area (TPSA) is 101 Å². The van der Waals surface area contributed by atoms with Crippen LogP contribution in [0.4, 0.5) is 5.69 Å². The number of hydrogen-bond donors (Lipinski definition) is 2. The van der Waals surface area contributed by atoms with Crippen molar-refractivity contribution in [3.63, 3.8) is 0 Å². The van der Waals surface area contributed by atoms with Crippen LogP contribution in [0.15, 0.2) is 18.2 Å². The molecule has 1 aromatic carbocycles. The third-order valence-corrected chi connectivity index (χ3v) is 3.83. The van der Waals surface area contributed by atoms with Gasteiger partial charge >= 0.3 is 5.97 Å². The monoisotopic (exact) mass is 274 g/mol. The zero-order valence-corrected chi connectivity index (χ0v) is 10.7. The van der Waals surface area contributed by atoms with Crippen LogP contribution in [0.1, 0.15) is 40.0 Å². The van der Waals surface area contributed by atoms with Crippen LogP contribution in [0, 0.1) is 5.92 Å². The molecule has 104 valence electrons. The summed E-state index contributed by atoms with van der Waals surface area (Å²) in [5.41, 5.74) is 6.25. The van der Waals surface area contributed by atoms with Gasteiger partial charge in [0.15, 0.2) is 0 Å². The first-order valence-electron chi connectivity index (χ1n) is 6.50. The molecule has 2 aliphatic rings. The van der Waals surface area contributed by atoms with Gasteiger partial charge in [0.05, 0.1) is 11.1 Å². The minimum absolute atomic E-state index is 0.125. The van der Waals surface area contributed by atoms with Crippen molar-refractivity contribution in [3.8, 4) is 0 Å². The van der Waals surface area contributed by atoms with Gasteiger partial charge in [0.2, 0.25) is 0 Å². The Morgan fingerprint density at radius 2 is 2.05 bits per heavy atom. The first kappa shape index (κ1) is 12.7. The molecular formula is C14H14N2O4. The van der Waals surface area contributed by atoms with Gasteiger partial charge in [-0.25, -0.2) is 4.79 Å². The van der Waals surface area contributed by atoms with E-state index in [2.05, 4.69) is 0 Å². The van der Waals surface area contributed by atoms with E-state index in [4.69, 9.17) is 5.73 Å². The maximum atomic E-state index is 12.3. The summed E-state index contributed by atoms with van der Waals surface area (Å²) in [5.74, 6) is -2.02. The van der Waals surface area contributed by atoms with E-state index in [-0.39, 0.29) is 22.7 Å². The van der Waals surface area contributed by atoms with Crippen LogP contribution in [0.2, 0.25) is 0 Å². The van der Waals surface area contributed by atoms with Gasteiger partial charge in [-0.05, 0) is 24.5 Å². The summed E-state index contributed by atoms with van der Waals surface area (Å²) in [6.07, 6.45) is 2.23. The Balaban J connectivity index is 1.99. The molecule has 3 rings (SSSR count). The number of fused-ring (bicyclic) bond motifs is 1. The third-order valence-electron chi connectivity index (χ3n) is 3.83. The number of nitrogen functional groups attached to an aromatic ring is 1. The van der Waals surface area contributed by atoms with Crippen molar-refractivity contribution in [2.45, 2.75) is 25.3 Å². The largest absolute Gasteiger partial charge is 0.480 e. The van der Waals surface area contributed by atoms with Crippen LogP contribution in [-0.2, 0) is 4.79 Å². The Labute approximate surface area is 115 Å². The molecule has 1 aliphatic heterocycles. The van der Waals surface area contributed by atoms with Crippen LogP contribution in [0.25, 0.3) is 0 Å². The molecule has 6 heteroatoms. The number of carboxylic acids is 1. The Bertz CT molecular complexity index is 622. The minimum atomic E-state index is -1.15. The number of imide groups is 1. The molecule has 2 amide bonds. The Kier molecular flexibility index (Phi) is 2.74. The van der Waals surface area contributed by atoms with Crippen molar-refractivity contribution in [1.82, 2.24) is 4.90 Å². The lowest BCUT2D eigenvalue weighted by atomic mass is 10.1. The van der Waals surface area contributed by atoms with Crippen molar-refractivity contribution in [2.24, 2.45) is 5.92 Å². The van der Waals surface area contributed by atoms with Gasteiger partial charge in [-0.2, -0.15) is 0 Å². The Morgan fingerprint density at radius 1 is 1.35 bits per heavy atom. The quantitative estimate of drug-likeness (QED) is 0.633. The lowest BCUT2D eigenvalue weighted by Crippen LogP contribution is -2.45. The average Bonchev–Trinajstić information content (AvgIpc) is 3.17. The van der Waals surface area contributed by atoms with Crippen LogP contribution < -0.4 is 5.73 Å². The van der Waals surface area contributed by atoms with Gasteiger partial charge in [0.25, 0.3) is 11.8 Å². The molecule has 1 aromatic rings. The normalized spacial score (nSPS) is 19.1. The Morgan fingerprint density at radius 3 is 2.60 bits per heavy atom. The molecule has 1 saturated carbocycles. The maximum Gasteiger partial charge on any atom is 0.326 e. The first-order valence-corrected chi connectivity index (χ1v) is 6.50. The zero-order chi connectivity index (χ0) is 14.4. The molecule has 1 heterocycles. The van der Waals surface area contributed by atoms with E-state index in [1.54, 1.807) is 6.07 Å². The number of hydrogen-bond acceptors (Lipinski definition) is 4. The predicted molar refractivity (Wildman–Crippen MR) is 70.1 cm³/mol. The summed E-state index contributed by atoms with van der Waals surface area (Å²) in [6, 6.07) is 3.51. The molecule has 0 spiro atoms. The lowest BCUT2D eigenvalue weighted by molar-refractivity contribution is -0.142. The zero-order valence-electron chi connectivity index (χ0n) is 10.7. The number of nitrogens with zero attached hydrogens (tertiary/aromatic N) is 1. The first-order chi connectivity index (χ1) is 9.50. The molecule has 3 N–H and O–H groups in total. The minimum Gasteiger partial charge on any atom is -0.480 e. The van der Waals surface area contributed by atoms with Crippen molar-refractivity contribution >= 4 is 23.5 Å². The number of carbonyl (C=O) groups excluding carboxylic acids is 2. The number of amides is 2. The second-order valence-electron chi connectivity index (χ2n) is 5.28. The van der Waals surface area contributed by atoms with Gasteiger partial charge in [-0.1, -0.05) is 18.9 Å². The van der Waals surface area contributed by atoms with E-state index < -0.39 is 23.8 Å². The van der Waals surface area contributed by atoms with Gasteiger partial charge < -0.3 is 10.8 Å². The molecule has 0 saturated heterocycles. The summed E-state index contributed by atoms with van der Waals surface area (Å²) >= 11 is 0. The van der Waals surface area contributed by atoms with Crippen LogP contribution in [0.5, 0.6) is 0 Å². The highest BCUT2D eigenvalue weighted by Gasteiger charge is 2.45. The van der Waals surface area contributed by atoms with Crippen molar-refractivity contribution in [1.29, 1.82) is 0 Å². The summed E-state index contributed by atoms with van der Waals surface area (Å²) in [6.45, 7) is 0. The third kappa shape index (κ3) is 1.84. The number of carbonyl (C=O) groups is 3. The van der Waals surface area contributed by atoms with Crippen LogP contribution in [-0.4, -0.2) is 33.8 Å². The van der Waals surface area contributed by atoms with Crippen molar-refractivity contribution < 1.29 is 19.5 Å². The van der Waals surface area contributed by atoms with Gasteiger partial charge in [0, 0.05) is 5.69 Å². The summed E-state index contributed by atoms with van der Waals surface area (Å²) in [7, 11) is 0. The second-order valence-corrected chi connectivity index (χ2v) is 5.28. The summed E-state index contributed by atoms with van der Waals surface area (Å²) < 4.78 is 0. The maximum absolute atomic E-state index is 12.3. The number of aliphatic carboxylic acids is 1. The van der Waals surface area contributed by atoms with Gasteiger partial charge in [-0.15, -0.1) is 0 Å². The summed E-state index contributed by atoms with van der Waals surface area (Å²) in [5, 5.41) is 9.32. The lowest BCUT2D eigenvalue weighted by Gasteiger charge is -2.22. The van der Waals surface area contributed by atoms with Crippen molar-refractivity contribution in [2.75, 3.05) is 5.73 Å². The summed E-state index contributed by atoms with van der Waals surface area (Å²) in [4.78, 5) is 36.9. The smallest absolute Gasteiger partial charge is 0.326 e. The number of carboxylic acid groups (broad SMARTS) is 1. The highest BCUT2D eigenvalue weighted by atomic mass is 16.4. The second kappa shape index (κ2) is 4.33. The molecule has 20 heavy (non-hydrogen) atoms. The molecule has 6 nitrogen and oxygen atoms in total. The van der Waals surface area contributed by atoms with Crippen LogP contribution in [0.3, 0.4) is 0 Å². The molecule has 1 fully saturated rings. The van der Waals surface area contributed by atoms with E-state index in [1.165, 1.54) is 12.1 Å². The van der Waals surface area contributed by atoms with Crippen molar-refractivity contribution in [3.05, 3.63) is 29.3 Å². The predicted octanol–water partition coefficient (Wildman–Crippen LogP) is 1.12. The number of anilines is 1. The molecule has 0 unspecified atom stereocenters. The van der Waals surface area contributed by atoms with Gasteiger partial charge in [-0.3, -0.25) is 14.5 Å². The molecule has 0 radical (unpaired) electrons. The molecule has 1 atom stereocenters. The number of rotatable bonds is 4. The van der Waals surface area contributed by atoms with E-state index in [0.717, 1.165) is 17.7 Å². The number of benzene rings is 1. The molecule has 0 aromatic heterocycles. The number of nitrogens with two attached hydrogens (primary N) is 1. The van der Waals surface area contributed by atoms with E-state index in [1.807, 2.05) is 0 Å². The highest BCUT2D eigenvalue weighted by Crippen LogP contribution is 2.37.